The van der Waals surface area contributed by atoms with Crippen LogP contribution in [0.3, 0.4) is 0 Å². The smallest absolute Gasteiger partial charge is 0.396 e. The SMILES string of the molecule is CCNC(=NCc1cccc(C(F)(F)F)c1)NCC(CC)(CC)CCO. The monoisotopic (exact) mass is 373 g/mol. The van der Waals surface area contributed by atoms with Crippen LogP contribution in [0.4, 0.5) is 13.2 Å². The molecule has 0 aliphatic rings. The van der Waals surface area contributed by atoms with E-state index in [1.54, 1.807) is 6.07 Å². The summed E-state index contributed by atoms with van der Waals surface area (Å²) in [6.45, 7) is 7.70. The first-order valence-electron chi connectivity index (χ1n) is 9.09. The number of aliphatic hydroxyl groups is 1. The Bertz CT molecular complexity index is 569. The molecule has 0 saturated carbocycles. The Morgan fingerprint density at radius 3 is 2.35 bits per heavy atom. The van der Waals surface area contributed by atoms with Crippen molar-refractivity contribution in [3.63, 3.8) is 0 Å². The third-order valence-electron chi connectivity index (χ3n) is 4.79. The number of halogens is 3. The quantitative estimate of drug-likeness (QED) is 0.454. The molecule has 0 bridgehead atoms. The Morgan fingerprint density at radius 2 is 1.81 bits per heavy atom. The molecule has 0 spiro atoms. The molecule has 26 heavy (non-hydrogen) atoms. The number of benzene rings is 1. The van der Waals surface area contributed by atoms with Gasteiger partial charge in [-0.15, -0.1) is 0 Å². The lowest BCUT2D eigenvalue weighted by atomic mass is 9.79. The van der Waals surface area contributed by atoms with Crippen LogP contribution < -0.4 is 10.6 Å². The van der Waals surface area contributed by atoms with Crippen molar-refractivity contribution in [1.29, 1.82) is 0 Å². The fourth-order valence-corrected chi connectivity index (χ4v) is 2.81. The van der Waals surface area contributed by atoms with Crippen molar-refractivity contribution >= 4 is 5.96 Å². The highest BCUT2D eigenvalue weighted by atomic mass is 19.4. The lowest BCUT2D eigenvalue weighted by molar-refractivity contribution is -0.137. The van der Waals surface area contributed by atoms with Gasteiger partial charge in [-0.05, 0) is 49.3 Å². The molecule has 0 saturated heterocycles. The van der Waals surface area contributed by atoms with Gasteiger partial charge in [0.2, 0.25) is 0 Å². The van der Waals surface area contributed by atoms with Gasteiger partial charge in [0.15, 0.2) is 5.96 Å². The summed E-state index contributed by atoms with van der Waals surface area (Å²) in [6.07, 6.45) is -1.82. The normalized spacial score (nSPS) is 13.0. The summed E-state index contributed by atoms with van der Waals surface area (Å²) >= 11 is 0. The summed E-state index contributed by atoms with van der Waals surface area (Å²) in [7, 11) is 0. The van der Waals surface area contributed by atoms with Gasteiger partial charge in [0.25, 0.3) is 0 Å². The summed E-state index contributed by atoms with van der Waals surface area (Å²) in [5.41, 5.74) is -0.187. The van der Waals surface area contributed by atoms with Gasteiger partial charge < -0.3 is 15.7 Å². The van der Waals surface area contributed by atoms with E-state index < -0.39 is 11.7 Å². The number of nitrogens with zero attached hydrogens (tertiary/aromatic N) is 1. The van der Waals surface area contributed by atoms with Crippen LogP contribution in [0.15, 0.2) is 29.3 Å². The van der Waals surface area contributed by atoms with E-state index in [1.807, 2.05) is 6.92 Å². The molecule has 4 nitrogen and oxygen atoms in total. The van der Waals surface area contributed by atoms with Gasteiger partial charge in [-0.25, -0.2) is 4.99 Å². The molecule has 3 N–H and O–H groups in total. The highest BCUT2D eigenvalue weighted by Gasteiger charge is 2.30. The summed E-state index contributed by atoms with van der Waals surface area (Å²) in [5, 5.41) is 15.7. The zero-order chi connectivity index (χ0) is 19.6. The maximum Gasteiger partial charge on any atom is 0.416 e. The van der Waals surface area contributed by atoms with Gasteiger partial charge in [0.1, 0.15) is 0 Å². The second-order valence-electron chi connectivity index (χ2n) is 6.43. The van der Waals surface area contributed by atoms with Gasteiger partial charge >= 0.3 is 6.18 Å². The van der Waals surface area contributed by atoms with Crippen LogP contribution in [0.25, 0.3) is 0 Å². The maximum atomic E-state index is 12.8. The minimum absolute atomic E-state index is 0.0266. The standard InChI is InChI=1S/C19H30F3N3O/c1-4-18(5-2,10-11-26)14-25-17(23-6-3)24-13-15-8-7-9-16(12-15)19(20,21)22/h7-9,12,26H,4-6,10-11,13-14H2,1-3H3,(H2,23,24,25). The van der Waals surface area contributed by atoms with E-state index >= 15 is 0 Å². The molecule has 148 valence electrons. The number of rotatable bonds is 9. The zero-order valence-electron chi connectivity index (χ0n) is 15.8. The molecule has 0 aliphatic heterocycles. The van der Waals surface area contributed by atoms with E-state index in [0.717, 1.165) is 25.0 Å². The Hall–Kier alpha value is -1.76. The highest BCUT2D eigenvalue weighted by Crippen LogP contribution is 2.30. The lowest BCUT2D eigenvalue weighted by Crippen LogP contribution is -2.43. The second-order valence-corrected chi connectivity index (χ2v) is 6.43. The Kier molecular flexibility index (Phi) is 8.92. The number of nitrogens with one attached hydrogen (secondary N) is 2. The highest BCUT2D eigenvalue weighted by molar-refractivity contribution is 5.79. The molecule has 7 heteroatoms. The van der Waals surface area contributed by atoms with E-state index in [-0.39, 0.29) is 18.6 Å². The third kappa shape index (κ3) is 6.86. The summed E-state index contributed by atoms with van der Waals surface area (Å²) in [6, 6.07) is 5.22. The first-order chi connectivity index (χ1) is 12.3. The average Bonchev–Trinajstić information content (AvgIpc) is 2.62. The largest absolute Gasteiger partial charge is 0.416 e. The number of aliphatic imine (C=N–C) groups is 1. The fourth-order valence-electron chi connectivity index (χ4n) is 2.81. The predicted molar refractivity (Wildman–Crippen MR) is 99.0 cm³/mol. The van der Waals surface area contributed by atoms with Crippen molar-refractivity contribution in [3.05, 3.63) is 35.4 Å². The fraction of sp³-hybridized carbons (Fsp3) is 0.632. The predicted octanol–water partition coefficient (Wildman–Crippen LogP) is 3.95. The topological polar surface area (TPSA) is 56.7 Å². The molecule has 0 unspecified atom stereocenters. The van der Waals surface area contributed by atoms with Crippen LogP contribution in [0.1, 0.15) is 51.2 Å². The maximum absolute atomic E-state index is 12.8. The molecule has 1 aromatic carbocycles. The van der Waals surface area contributed by atoms with Crippen molar-refractivity contribution in [1.82, 2.24) is 10.6 Å². The van der Waals surface area contributed by atoms with E-state index in [0.29, 0.717) is 31.0 Å². The van der Waals surface area contributed by atoms with Gasteiger partial charge in [-0.2, -0.15) is 13.2 Å². The third-order valence-corrected chi connectivity index (χ3v) is 4.79. The van der Waals surface area contributed by atoms with Crippen LogP contribution >= 0.6 is 0 Å². The molecule has 0 aromatic heterocycles. The minimum atomic E-state index is -4.35. The lowest BCUT2D eigenvalue weighted by Gasteiger charge is -2.32. The number of hydrogen-bond acceptors (Lipinski definition) is 2. The van der Waals surface area contributed by atoms with Crippen molar-refractivity contribution in [3.8, 4) is 0 Å². The van der Waals surface area contributed by atoms with E-state index in [9.17, 15) is 18.3 Å². The van der Waals surface area contributed by atoms with Crippen molar-refractivity contribution in [2.75, 3.05) is 19.7 Å². The van der Waals surface area contributed by atoms with Crippen molar-refractivity contribution < 1.29 is 18.3 Å². The van der Waals surface area contributed by atoms with Crippen LogP contribution in [0, 0.1) is 5.41 Å². The molecular weight excluding hydrogens is 343 g/mol. The average molecular weight is 373 g/mol. The number of hydrogen-bond donors (Lipinski definition) is 3. The van der Waals surface area contributed by atoms with Crippen molar-refractivity contribution in [2.45, 2.75) is 52.8 Å². The Morgan fingerprint density at radius 1 is 1.12 bits per heavy atom. The zero-order valence-corrected chi connectivity index (χ0v) is 15.8. The van der Waals surface area contributed by atoms with Crippen LogP contribution in [-0.4, -0.2) is 30.8 Å². The summed E-state index contributed by atoms with van der Waals surface area (Å²) < 4.78 is 38.4. The molecular formula is C19H30F3N3O. The van der Waals surface area contributed by atoms with E-state index in [1.165, 1.54) is 6.07 Å². The van der Waals surface area contributed by atoms with Gasteiger partial charge in [0, 0.05) is 19.7 Å². The molecule has 0 heterocycles. The molecule has 1 aromatic rings. The molecule has 0 atom stereocenters. The Labute approximate surface area is 153 Å². The second kappa shape index (κ2) is 10.4. The Balaban J connectivity index is 2.83. The van der Waals surface area contributed by atoms with Crippen LogP contribution in [-0.2, 0) is 12.7 Å². The molecule has 0 aliphatic carbocycles. The van der Waals surface area contributed by atoms with E-state index in [4.69, 9.17) is 0 Å². The van der Waals surface area contributed by atoms with E-state index in [2.05, 4.69) is 29.5 Å². The molecule has 0 amide bonds. The van der Waals surface area contributed by atoms with Crippen LogP contribution in [0.2, 0.25) is 0 Å². The first kappa shape index (κ1) is 22.3. The molecule has 0 fully saturated rings. The van der Waals surface area contributed by atoms with Gasteiger partial charge in [-0.1, -0.05) is 26.0 Å². The minimum Gasteiger partial charge on any atom is -0.396 e. The molecule has 0 radical (unpaired) electrons. The molecule has 1 rings (SSSR count). The summed E-state index contributed by atoms with van der Waals surface area (Å²) in [5.74, 6) is 0.564. The van der Waals surface area contributed by atoms with Crippen LogP contribution in [0.5, 0.6) is 0 Å². The van der Waals surface area contributed by atoms with Gasteiger partial charge in [0.05, 0.1) is 12.1 Å². The number of aliphatic hydroxyl groups excluding tert-OH is 1. The van der Waals surface area contributed by atoms with Crippen molar-refractivity contribution in [2.24, 2.45) is 10.4 Å². The number of guanidine groups is 1. The number of alkyl halides is 3. The van der Waals surface area contributed by atoms with Gasteiger partial charge in [-0.3, -0.25) is 0 Å². The first-order valence-corrected chi connectivity index (χ1v) is 9.09. The summed E-state index contributed by atoms with van der Waals surface area (Å²) in [4.78, 5) is 4.40.